The van der Waals surface area contributed by atoms with Crippen LogP contribution in [0.1, 0.15) is 56.9 Å². The smallest absolute Gasteiger partial charge is 0.242 e. The monoisotopic (exact) mass is 428 g/mol. The number of thiazole rings is 1. The summed E-state index contributed by atoms with van der Waals surface area (Å²) in [6.45, 7) is 2.50. The molecule has 8 heteroatoms. The molecule has 2 heterocycles. The predicted octanol–water partition coefficient (Wildman–Crippen LogP) is 3.28. The Labute approximate surface area is 180 Å². The van der Waals surface area contributed by atoms with Gasteiger partial charge in [0.1, 0.15) is 6.04 Å². The maximum Gasteiger partial charge on any atom is 0.242 e. The van der Waals surface area contributed by atoms with Crippen molar-refractivity contribution in [1.82, 2.24) is 15.6 Å². The predicted molar refractivity (Wildman–Crippen MR) is 117 cm³/mol. The minimum Gasteiger partial charge on any atom is -0.354 e. The number of nitrogens with zero attached hydrogens (tertiary/aromatic N) is 1. The minimum atomic E-state index is -0.446. The second kappa shape index (κ2) is 8.71. The largest absolute Gasteiger partial charge is 0.354 e. The van der Waals surface area contributed by atoms with Crippen LogP contribution < -0.4 is 16.0 Å². The molecular formula is C22H28N4O3S. The van der Waals surface area contributed by atoms with Crippen LogP contribution >= 0.6 is 11.3 Å². The first kappa shape index (κ1) is 20.8. The van der Waals surface area contributed by atoms with Crippen molar-refractivity contribution >= 4 is 44.4 Å². The Hall–Kier alpha value is -2.48. The molecule has 7 nitrogen and oxygen atoms in total. The normalized spacial score (nSPS) is 20.7. The Morgan fingerprint density at radius 3 is 2.80 bits per heavy atom. The van der Waals surface area contributed by atoms with Crippen molar-refractivity contribution in [3.8, 4) is 0 Å². The lowest BCUT2D eigenvalue weighted by Gasteiger charge is -2.37. The van der Waals surface area contributed by atoms with E-state index in [0.29, 0.717) is 30.9 Å². The van der Waals surface area contributed by atoms with E-state index in [4.69, 9.17) is 0 Å². The van der Waals surface area contributed by atoms with Gasteiger partial charge in [0.05, 0.1) is 10.2 Å². The highest BCUT2D eigenvalue weighted by Crippen LogP contribution is 2.39. The maximum absolute atomic E-state index is 12.9. The highest BCUT2D eigenvalue weighted by atomic mass is 32.1. The number of aryl methyl sites for hydroxylation is 1. The summed E-state index contributed by atoms with van der Waals surface area (Å²) in [6.07, 6.45) is 6.40. The maximum atomic E-state index is 12.9. The summed E-state index contributed by atoms with van der Waals surface area (Å²) in [4.78, 5) is 41.2. The molecule has 2 fully saturated rings. The Balaban J connectivity index is 1.39. The molecule has 1 saturated carbocycles. The number of hydrogen-bond donors (Lipinski definition) is 3. The first-order chi connectivity index (χ1) is 14.4. The van der Waals surface area contributed by atoms with E-state index < -0.39 is 6.04 Å². The van der Waals surface area contributed by atoms with Gasteiger partial charge in [0.25, 0.3) is 0 Å². The van der Waals surface area contributed by atoms with Gasteiger partial charge in [-0.15, -0.1) is 0 Å². The van der Waals surface area contributed by atoms with E-state index in [-0.39, 0.29) is 23.1 Å². The number of nitrogens with one attached hydrogen (secondary N) is 3. The van der Waals surface area contributed by atoms with Crippen molar-refractivity contribution in [3.05, 3.63) is 23.8 Å². The molecule has 160 valence electrons. The number of fused-ring (bicyclic) bond motifs is 1. The molecule has 0 bridgehead atoms. The summed E-state index contributed by atoms with van der Waals surface area (Å²) in [5.74, 6) is -0.281. The third kappa shape index (κ3) is 4.80. The van der Waals surface area contributed by atoms with Crippen LogP contribution in [0.25, 0.3) is 10.2 Å². The zero-order chi connectivity index (χ0) is 21.1. The van der Waals surface area contributed by atoms with E-state index in [1.807, 2.05) is 19.1 Å². The number of amides is 3. The average Bonchev–Trinajstić information content (AvgIpc) is 3.32. The average molecular weight is 429 g/mol. The number of carbonyl (C=O) groups excluding carboxylic acids is 3. The number of hydrogen-bond acceptors (Lipinski definition) is 5. The summed E-state index contributed by atoms with van der Waals surface area (Å²) in [7, 11) is 0. The van der Waals surface area contributed by atoms with Gasteiger partial charge in [0.2, 0.25) is 17.7 Å². The van der Waals surface area contributed by atoms with Crippen molar-refractivity contribution in [2.45, 2.75) is 64.3 Å². The van der Waals surface area contributed by atoms with Gasteiger partial charge in [0.15, 0.2) is 5.13 Å². The second-order valence-electron chi connectivity index (χ2n) is 8.65. The van der Waals surface area contributed by atoms with Gasteiger partial charge in [-0.3, -0.25) is 14.4 Å². The van der Waals surface area contributed by atoms with Crippen molar-refractivity contribution in [1.29, 1.82) is 0 Å². The van der Waals surface area contributed by atoms with Crippen LogP contribution in [0.5, 0.6) is 0 Å². The van der Waals surface area contributed by atoms with Crippen molar-refractivity contribution in [3.63, 3.8) is 0 Å². The Morgan fingerprint density at radius 2 is 2.07 bits per heavy atom. The van der Waals surface area contributed by atoms with E-state index in [1.165, 1.54) is 16.9 Å². The Bertz CT molecular complexity index is 964. The Morgan fingerprint density at radius 1 is 1.27 bits per heavy atom. The van der Waals surface area contributed by atoms with Gasteiger partial charge in [-0.25, -0.2) is 4.98 Å². The van der Waals surface area contributed by atoms with Gasteiger partial charge >= 0.3 is 0 Å². The van der Waals surface area contributed by atoms with Crippen LogP contribution in [-0.4, -0.2) is 35.3 Å². The molecule has 30 heavy (non-hydrogen) atoms. The number of rotatable bonds is 6. The molecule has 4 rings (SSSR count). The molecule has 1 saturated heterocycles. The van der Waals surface area contributed by atoms with Crippen LogP contribution in [0.3, 0.4) is 0 Å². The van der Waals surface area contributed by atoms with Gasteiger partial charge in [0, 0.05) is 19.4 Å². The molecule has 2 aromatic rings. The number of benzene rings is 1. The van der Waals surface area contributed by atoms with Crippen molar-refractivity contribution < 1.29 is 14.4 Å². The number of aromatic nitrogens is 1. The molecule has 3 amide bonds. The molecule has 1 atom stereocenters. The summed E-state index contributed by atoms with van der Waals surface area (Å²) in [5.41, 5.74) is 1.81. The molecule has 3 N–H and O–H groups in total. The van der Waals surface area contributed by atoms with Crippen molar-refractivity contribution in [2.24, 2.45) is 5.41 Å². The molecule has 2 aliphatic rings. The summed E-state index contributed by atoms with van der Waals surface area (Å²) in [5, 5.41) is 9.30. The van der Waals surface area contributed by atoms with E-state index >= 15 is 0 Å². The molecule has 0 unspecified atom stereocenters. The van der Waals surface area contributed by atoms with Gasteiger partial charge in [-0.05, 0) is 49.3 Å². The first-order valence-electron chi connectivity index (χ1n) is 10.7. The fourth-order valence-electron chi connectivity index (χ4n) is 4.52. The third-order valence-electron chi connectivity index (χ3n) is 6.19. The molecule has 1 aliphatic heterocycles. The standard InChI is InChI=1S/C22H28N4O3S/c1-14-5-6-15-17(11-14)30-21(25-15)26-19(28)12-22(9-3-2-4-10-22)13-23-20(29)16-7-8-18(27)24-16/h5-6,11,16H,2-4,7-10,12-13H2,1H3,(H,23,29)(H,24,27)(H,25,26,28)/t16-/m0/s1. The highest BCUT2D eigenvalue weighted by molar-refractivity contribution is 7.22. The third-order valence-corrected chi connectivity index (χ3v) is 7.12. The van der Waals surface area contributed by atoms with Crippen LogP contribution in [0, 0.1) is 12.3 Å². The topological polar surface area (TPSA) is 100 Å². The molecule has 0 radical (unpaired) electrons. The van der Waals surface area contributed by atoms with E-state index in [1.54, 1.807) is 0 Å². The fourth-order valence-corrected chi connectivity index (χ4v) is 5.50. The second-order valence-corrected chi connectivity index (χ2v) is 9.68. The lowest BCUT2D eigenvalue weighted by Crippen LogP contribution is -2.47. The fraction of sp³-hybridized carbons (Fsp3) is 0.545. The lowest BCUT2D eigenvalue weighted by molar-refractivity contribution is -0.126. The van der Waals surface area contributed by atoms with E-state index in [9.17, 15) is 14.4 Å². The van der Waals surface area contributed by atoms with Gasteiger partial charge in [-0.1, -0.05) is 36.7 Å². The van der Waals surface area contributed by atoms with Crippen LogP contribution in [0.4, 0.5) is 5.13 Å². The number of anilines is 1. The van der Waals surface area contributed by atoms with Crippen LogP contribution in [0.15, 0.2) is 18.2 Å². The quantitative estimate of drug-likeness (QED) is 0.657. The summed E-state index contributed by atoms with van der Waals surface area (Å²) >= 11 is 1.48. The SMILES string of the molecule is Cc1ccc2nc(NC(=O)CC3(CNC(=O)[C@@H]4CCC(=O)N4)CCCCC3)sc2c1. The van der Waals surface area contributed by atoms with Crippen LogP contribution in [0.2, 0.25) is 0 Å². The van der Waals surface area contributed by atoms with Gasteiger partial charge in [-0.2, -0.15) is 0 Å². The van der Waals surface area contributed by atoms with Crippen LogP contribution in [-0.2, 0) is 14.4 Å². The zero-order valence-corrected chi connectivity index (χ0v) is 18.1. The lowest BCUT2D eigenvalue weighted by atomic mass is 9.71. The Kier molecular flexibility index (Phi) is 6.04. The van der Waals surface area contributed by atoms with E-state index in [2.05, 4.69) is 27.0 Å². The highest BCUT2D eigenvalue weighted by Gasteiger charge is 2.36. The first-order valence-corrected chi connectivity index (χ1v) is 11.5. The molecule has 0 spiro atoms. The molecule has 1 aromatic heterocycles. The van der Waals surface area contributed by atoms with Gasteiger partial charge < -0.3 is 16.0 Å². The minimum absolute atomic E-state index is 0.0592. The van der Waals surface area contributed by atoms with E-state index in [0.717, 1.165) is 42.3 Å². The molecule has 1 aliphatic carbocycles. The summed E-state index contributed by atoms with van der Waals surface area (Å²) < 4.78 is 1.06. The molecule has 1 aromatic carbocycles. The summed E-state index contributed by atoms with van der Waals surface area (Å²) in [6, 6.07) is 5.61. The zero-order valence-electron chi connectivity index (χ0n) is 17.3. The van der Waals surface area contributed by atoms with Crippen molar-refractivity contribution in [2.75, 3.05) is 11.9 Å². The molecular weight excluding hydrogens is 400 g/mol. The number of carbonyl (C=O) groups is 3.